The Kier molecular flexibility index (Phi) is 8.71. The second-order valence-corrected chi connectivity index (χ2v) is 9.19. The molecule has 3 aromatic rings. The number of aromatic nitrogens is 4. The topological polar surface area (TPSA) is 110 Å². The van der Waals surface area contributed by atoms with Gasteiger partial charge in [-0.15, -0.1) is 5.10 Å². The van der Waals surface area contributed by atoms with Crippen LogP contribution in [0.4, 0.5) is 10.1 Å². The molecule has 0 aliphatic heterocycles. The number of imidazole rings is 1. The Hall–Kier alpha value is -2.88. The number of rotatable bonds is 9. The van der Waals surface area contributed by atoms with E-state index in [0.717, 1.165) is 23.1 Å². The molecule has 4 N–H and O–H groups in total. The van der Waals surface area contributed by atoms with E-state index in [1.807, 2.05) is 6.92 Å². The van der Waals surface area contributed by atoms with Gasteiger partial charge in [0.2, 0.25) is 5.91 Å². The molecule has 1 atom stereocenters. The van der Waals surface area contributed by atoms with Gasteiger partial charge in [0.15, 0.2) is 0 Å². The van der Waals surface area contributed by atoms with Crippen LogP contribution in [0.3, 0.4) is 0 Å². The zero-order valence-corrected chi connectivity index (χ0v) is 21.0. The number of allylic oxidation sites excluding steroid dienone is 3. The van der Waals surface area contributed by atoms with E-state index in [2.05, 4.69) is 25.5 Å². The normalized spacial score (nSPS) is 13.1. The molecule has 0 aliphatic carbocycles. The maximum atomic E-state index is 13.7. The van der Waals surface area contributed by atoms with Crippen molar-refractivity contribution in [3.63, 3.8) is 0 Å². The number of hydrogen-bond donors (Lipinski definition) is 3. The molecule has 2 heterocycles. The second-order valence-electron chi connectivity index (χ2n) is 7.31. The van der Waals surface area contributed by atoms with Crippen molar-refractivity contribution in [1.82, 2.24) is 20.2 Å². The van der Waals surface area contributed by atoms with Gasteiger partial charge in [0.25, 0.3) is 0 Å². The Balaban J connectivity index is 1.86. The number of thioether (sulfide) groups is 1. The molecule has 0 bridgehead atoms. The fraction of sp³-hybridized carbons (Fsp3) is 0.217. The van der Waals surface area contributed by atoms with Gasteiger partial charge in [0.1, 0.15) is 16.8 Å². The summed E-state index contributed by atoms with van der Waals surface area (Å²) in [6.45, 7) is 5.55. The quantitative estimate of drug-likeness (QED) is 0.239. The van der Waals surface area contributed by atoms with Gasteiger partial charge >= 0.3 is 0 Å². The van der Waals surface area contributed by atoms with Crippen LogP contribution in [0.25, 0.3) is 0 Å². The van der Waals surface area contributed by atoms with E-state index in [1.54, 1.807) is 49.7 Å². The molecular weight excluding hydrogens is 498 g/mol. The van der Waals surface area contributed by atoms with Crippen LogP contribution in [0.1, 0.15) is 42.4 Å². The number of primary amides is 1. The van der Waals surface area contributed by atoms with Crippen LogP contribution >= 0.6 is 35.0 Å². The van der Waals surface area contributed by atoms with E-state index in [9.17, 15) is 9.18 Å². The van der Waals surface area contributed by atoms with Gasteiger partial charge in [0.05, 0.1) is 24.3 Å². The van der Waals surface area contributed by atoms with Gasteiger partial charge in [0, 0.05) is 31.9 Å². The smallest absolute Gasteiger partial charge is 0.231 e. The lowest BCUT2D eigenvalue weighted by Gasteiger charge is -2.18. The maximum absolute atomic E-state index is 13.7. The lowest BCUT2D eigenvalue weighted by Crippen LogP contribution is -2.24. The van der Waals surface area contributed by atoms with Gasteiger partial charge < -0.3 is 16.0 Å². The number of amides is 1. The van der Waals surface area contributed by atoms with Crippen molar-refractivity contribution >= 4 is 46.6 Å². The summed E-state index contributed by atoms with van der Waals surface area (Å²) in [7, 11) is 0. The molecule has 0 radical (unpaired) electrons. The van der Waals surface area contributed by atoms with E-state index < -0.39 is 11.8 Å². The SMILES string of the molecule is C/C=C\C(Sc1ccc(C(C(N)=O)c2c(Cl)cc(NCc3nc[nH]c3C)cc2Cl)nn1)=C(/C)F. The highest BCUT2D eigenvalue weighted by molar-refractivity contribution is 8.03. The van der Waals surface area contributed by atoms with Crippen molar-refractivity contribution in [2.45, 2.75) is 38.3 Å². The molecule has 1 unspecified atom stereocenters. The van der Waals surface area contributed by atoms with E-state index in [-0.39, 0.29) is 21.6 Å². The standard InChI is InChI=1S/C23H23Cl2FN6OS/c1-4-5-19(12(2)26)34-20-7-6-17(31-32-20)22(23(27)33)21-15(24)8-14(9-16(21)25)28-10-18-13(3)29-11-30-18/h4-9,11,22,28H,10H2,1-3H3,(H2,27,33)(H,29,30)/b5-4-,19-12-. The van der Waals surface area contributed by atoms with Crippen molar-refractivity contribution < 1.29 is 9.18 Å². The molecule has 0 saturated carbocycles. The Morgan fingerprint density at radius 1 is 1.29 bits per heavy atom. The van der Waals surface area contributed by atoms with Crippen molar-refractivity contribution in [1.29, 1.82) is 0 Å². The average molecular weight is 521 g/mol. The Labute approximate surface area is 211 Å². The summed E-state index contributed by atoms with van der Waals surface area (Å²) in [4.78, 5) is 20.1. The van der Waals surface area contributed by atoms with Crippen LogP contribution in [0, 0.1) is 6.92 Å². The number of halogens is 3. The monoisotopic (exact) mass is 520 g/mol. The highest BCUT2D eigenvalue weighted by Crippen LogP contribution is 2.38. The number of carbonyl (C=O) groups is 1. The molecule has 11 heteroatoms. The van der Waals surface area contributed by atoms with Crippen LogP contribution in [0.15, 0.2) is 58.5 Å². The molecule has 0 aliphatic rings. The first-order valence-electron chi connectivity index (χ1n) is 10.2. The fourth-order valence-electron chi connectivity index (χ4n) is 3.17. The van der Waals surface area contributed by atoms with Crippen LogP contribution in [-0.2, 0) is 11.3 Å². The lowest BCUT2D eigenvalue weighted by atomic mass is 9.94. The predicted molar refractivity (Wildman–Crippen MR) is 135 cm³/mol. The minimum Gasteiger partial charge on any atom is -0.379 e. The Bertz CT molecular complexity index is 1220. The van der Waals surface area contributed by atoms with Crippen molar-refractivity contribution in [3.05, 3.63) is 86.2 Å². The van der Waals surface area contributed by atoms with E-state index in [4.69, 9.17) is 28.9 Å². The highest BCUT2D eigenvalue weighted by Gasteiger charge is 2.28. The molecule has 7 nitrogen and oxygen atoms in total. The lowest BCUT2D eigenvalue weighted by molar-refractivity contribution is -0.118. The molecule has 178 valence electrons. The molecule has 3 rings (SSSR count). The first kappa shape index (κ1) is 25.7. The van der Waals surface area contributed by atoms with Crippen LogP contribution in [0.2, 0.25) is 10.0 Å². The van der Waals surface area contributed by atoms with Crippen LogP contribution < -0.4 is 11.1 Å². The first-order chi connectivity index (χ1) is 16.2. The summed E-state index contributed by atoms with van der Waals surface area (Å²) in [6, 6.07) is 6.57. The minimum absolute atomic E-state index is 0.254. The summed E-state index contributed by atoms with van der Waals surface area (Å²) >= 11 is 14.2. The summed E-state index contributed by atoms with van der Waals surface area (Å²) in [6.07, 6.45) is 4.99. The molecule has 1 amide bonds. The van der Waals surface area contributed by atoms with E-state index >= 15 is 0 Å². The number of H-pyrrole nitrogens is 1. The highest BCUT2D eigenvalue weighted by atomic mass is 35.5. The third kappa shape index (κ3) is 6.16. The Morgan fingerprint density at radius 2 is 2.00 bits per heavy atom. The minimum atomic E-state index is -1.01. The number of carbonyl (C=O) groups excluding carboxylic acids is 1. The number of anilines is 1. The van der Waals surface area contributed by atoms with E-state index in [0.29, 0.717) is 27.7 Å². The van der Waals surface area contributed by atoms with Gasteiger partial charge in [-0.2, -0.15) is 5.10 Å². The maximum Gasteiger partial charge on any atom is 0.231 e. The Morgan fingerprint density at radius 3 is 2.50 bits per heavy atom. The zero-order chi connectivity index (χ0) is 24.8. The second kappa shape index (κ2) is 11.5. The van der Waals surface area contributed by atoms with Crippen molar-refractivity contribution in [2.24, 2.45) is 5.73 Å². The number of nitrogens with one attached hydrogen (secondary N) is 2. The fourth-order valence-corrected chi connectivity index (χ4v) is 4.66. The number of aromatic amines is 1. The molecule has 0 spiro atoms. The summed E-state index contributed by atoms with van der Waals surface area (Å²) in [5.41, 5.74) is 8.77. The molecule has 0 saturated heterocycles. The predicted octanol–water partition coefficient (Wildman–Crippen LogP) is 5.91. The third-order valence-corrected chi connectivity index (χ3v) is 6.56. The van der Waals surface area contributed by atoms with Crippen molar-refractivity contribution in [2.75, 3.05) is 5.32 Å². The number of benzene rings is 1. The van der Waals surface area contributed by atoms with Crippen LogP contribution in [-0.4, -0.2) is 26.1 Å². The van der Waals surface area contributed by atoms with Gasteiger partial charge in [-0.05, 0) is 51.1 Å². The van der Waals surface area contributed by atoms with Gasteiger partial charge in [-0.25, -0.2) is 9.37 Å². The zero-order valence-electron chi connectivity index (χ0n) is 18.7. The molecule has 0 fully saturated rings. The van der Waals surface area contributed by atoms with Crippen LogP contribution in [0.5, 0.6) is 0 Å². The van der Waals surface area contributed by atoms with Gasteiger partial charge in [-0.3, -0.25) is 4.79 Å². The molecule has 34 heavy (non-hydrogen) atoms. The summed E-state index contributed by atoms with van der Waals surface area (Å²) in [5.74, 6) is -2.03. The first-order valence-corrected chi connectivity index (χ1v) is 11.8. The number of nitrogens with two attached hydrogens (primary N) is 1. The molecule has 2 aromatic heterocycles. The molecular formula is C23H23Cl2FN6OS. The summed E-state index contributed by atoms with van der Waals surface area (Å²) < 4.78 is 13.7. The summed E-state index contributed by atoms with van der Waals surface area (Å²) in [5, 5.41) is 12.4. The average Bonchev–Trinajstić information content (AvgIpc) is 3.19. The van der Waals surface area contributed by atoms with Crippen molar-refractivity contribution in [3.8, 4) is 0 Å². The number of aryl methyl sites for hydroxylation is 1. The third-order valence-electron chi connectivity index (χ3n) is 4.88. The van der Waals surface area contributed by atoms with E-state index in [1.165, 1.54) is 6.92 Å². The molecule has 1 aromatic carbocycles. The largest absolute Gasteiger partial charge is 0.379 e. The number of hydrogen-bond acceptors (Lipinski definition) is 6. The number of nitrogens with zero attached hydrogens (tertiary/aromatic N) is 3. The van der Waals surface area contributed by atoms with Gasteiger partial charge in [-0.1, -0.05) is 41.0 Å².